The van der Waals surface area contributed by atoms with Crippen LogP contribution in [0.1, 0.15) is 0 Å². The summed E-state index contributed by atoms with van der Waals surface area (Å²) in [5.74, 6) is -0.636. The van der Waals surface area contributed by atoms with E-state index >= 15 is 0 Å². The number of H-pyrrole nitrogens is 1. The third kappa shape index (κ3) is 1.60. The molecule has 3 nitrogen and oxygen atoms in total. The van der Waals surface area contributed by atoms with Crippen LogP contribution in [0.2, 0.25) is 0 Å². The second-order valence-electron chi connectivity index (χ2n) is 3.96. The number of hydrogen-bond acceptors (Lipinski definition) is 2. The molecule has 0 aliphatic rings. The fourth-order valence-corrected chi connectivity index (χ4v) is 1.85. The Morgan fingerprint density at radius 2 is 1.89 bits per heavy atom. The van der Waals surface area contributed by atoms with E-state index in [0.717, 1.165) is 0 Å². The first-order valence-corrected chi connectivity index (χ1v) is 5.35. The van der Waals surface area contributed by atoms with Crippen LogP contribution in [0.5, 0.6) is 0 Å². The molecule has 1 heterocycles. The lowest BCUT2D eigenvalue weighted by molar-refractivity contribution is 0.630. The van der Waals surface area contributed by atoms with Crippen molar-refractivity contribution in [1.82, 2.24) is 9.97 Å². The first kappa shape index (κ1) is 10.7. The number of hydrogen-bond donors (Lipinski definition) is 2. The summed E-state index contributed by atoms with van der Waals surface area (Å²) >= 11 is 0. The highest BCUT2D eigenvalue weighted by Crippen LogP contribution is 2.25. The minimum absolute atomic E-state index is 0.189. The highest BCUT2D eigenvalue weighted by Gasteiger charge is 2.12. The van der Waals surface area contributed by atoms with E-state index in [1.807, 2.05) is 0 Å². The van der Waals surface area contributed by atoms with Gasteiger partial charge in [-0.25, -0.2) is 13.8 Å². The number of nitrogens with zero attached hydrogens (tertiary/aromatic N) is 1. The average molecular weight is 245 g/mol. The van der Waals surface area contributed by atoms with Crippen molar-refractivity contribution in [1.29, 1.82) is 0 Å². The Balaban J connectivity index is 2.26. The number of aromatic nitrogens is 2. The Morgan fingerprint density at radius 3 is 2.67 bits per heavy atom. The number of aromatic amines is 1. The minimum Gasteiger partial charge on any atom is -0.399 e. The Kier molecular flexibility index (Phi) is 2.26. The van der Waals surface area contributed by atoms with E-state index in [0.29, 0.717) is 11.2 Å². The molecule has 0 aliphatic carbocycles. The first-order valence-electron chi connectivity index (χ1n) is 5.35. The van der Waals surface area contributed by atoms with Crippen LogP contribution in [0, 0.1) is 11.6 Å². The van der Waals surface area contributed by atoms with Gasteiger partial charge < -0.3 is 10.7 Å². The van der Waals surface area contributed by atoms with Crippen LogP contribution in [-0.2, 0) is 0 Å². The Bertz CT molecular complexity index is 734. The summed E-state index contributed by atoms with van der Waals surface area (Å²) in [6, 6.07) is 8.73. The van der Waals surface area contributed by atoms with Crippen LogP contribution >= 0.6 is 0 Å². The molecule has 3 N–H and O–H groups in total. The summed E-state index contributed by atoms with van der Waals surface area (Å²) in [6.07, 6.45) is 0. The van der Waals surface area contributed by atoms with Gasteiger partial charge in [-0.3, -0.25) is 0 Å². The molecule has 90 valence electrons. The lowest BCUT2D eigenvalue weighted by atomic mass is 10.2. The van der Waals surface area contributed by atoms with E-state index in [4.69, 9.17) is 5.73 Å². The quantitative estimate of drug-likeness (QED) is 0.647. The highest BCUT2D eigenvalue weighted by molar-refractivity contribution is 5.80. The van der Waals surface area contributed by atoms with Gasteiger partial charge in [-0.05, 0) is 30.3 Å². The lowest BCUT2D eigenvalue weighted by Crippen LogP contribution is -1.90. The van der Waals surface area contributed by atoms with E-state index < -0.39 is 11.6 Å². The van der Waals surface area contributed by atoms with Gasteiger partial charge in [-0.2, -0.15) is 0 Å². The number of nitrogen functional groups attached to an aromatic ring is 1. The van der Waals surface area contributed by atoms with E-state index in [9.17, 15) is 8.78 Å². The molecular formula is C13H9F2N3. The molecule has 0 radical (unpaired) electrons. The number of imidazole rings is 1. The first-order chi connectivity index (χ1) is 8.65. The van der Waals surface area contributed by atoms with Crippen molar-refractivity contribution in [3.8, 4) is 11.4 Å². The van der Waals surface area contributed by atoms with Crippen LogP contribution in [0.3, 0.4) is 0 Å². The minimum atomic E-state index is -0.455. The van der Waals surface area contributed by atoms with E-state index in [2.05, 4.69) is 9.97 Å². The van der Waals surface area contributed by atoms with Crippen molar-refractivity contribution < 1.29 is 8.78 Å². The number of nitrogens with one attached hydrogen (secondary N) is 1. The molecule has 0 amide bonds. The topological polar surface area (TPSA) is 54.7 Å². The van der Waals surface area contributed by atoms with Crippen molar-refractivity contribution in [2.75, 3.05) is 5.73 Å². The number of anilines is 1. The predicted molar refractivity (Wildman–Crippen MR) is 65.9 cm³/mol. The molecular weight excluding hydrogens is 236 g/mol. The molecule has 0 bridgehead atoms. The monoisotopic (exact) mass is 245 g/mol. The van der Waals surface area contributed by atoms with Crippen LogP contribution in [0.25, 0.3) is 22.4 Å². The molecule has 0 aliphatic heterocycles. The molecule has 5 heteroatoms. The molecule has 3 aromatic rings. The molecule has 0 saturated heterocycles. The van der Waals surface area contributed by atoms with Crippen molar-refractivity contribution in [2.45, 2.75) is 0 Å². The molecule has 1 aromatic heterocycles. The van der Waals surface area contributed by atoms with Crippen molar-refractivity contribution in [3.05, 3.63) is 48.0 Å². The van der Waals surface area contributed by atoms with Crippen molar-refractivity contribution in [3.63, 3.8) is 0 Å². The molecule has 0 saturated carbocycles. The number of benzene rings is 2. The normalized spacial score (nSPS) is 11.0. The second-order valence-corrected chi connectivity index (χ2v) is 3.96. The van der Waals surface area contributed by atoms with Gasteiger partial charge in [0.05, 0.1) is 11.1 Å². The Hall–Kier alpha value is -2.43. The number of fused-ring (bicyclic) bond motifs is 1. The maximum atomic E-state index is 13.7. The van der Waals surface area contributed by atoms with Crippen LogP contribution in [-0.4, -0.2) is 9.97 Å². The van der Waals surface area contributed by atoms with Gasteiger partial charge in [0.25, 0.3) is 0 Å². The average Bonchev–Trinajstić information content (AvgIpc) is 2.77. The SMILES string of the molecule is Nc1ccc(F)c(-c2nc3c(F)cccc3[nH]2)c1. The van der Waals surface area contributed by atoms with E-state index in [1.165, 1.54) is 24.3 Å². The van der Waals surface area contributed by atoms with Crippen molar-refractivity contribution in [2.24, 2.45) is 0 Å². The molecule has 0 fully saturated rings. The summed E-state index contributed by atoms with van der Waals surface area (Å²) in [5.41, 5.74) is 6.97. The zero-order chi connectivity index (χ0) is 12.7. The number of para-hydroxylation sites is 1. The van der Waals surface area contributed by atoms with Crippen LogP contribution < -0.4 is 5.73 Å². The van der Waals surface area contributed by atoms with Gasteiger partial charge >= 0.3 is 0 Å². The zero-order valence-corrected chi connectivity index (χ0v) is 9.24. The zero-order valence-electron chi connectivity index (χ0n) is 9.24. The summed E-state index contributed by atoms with van der Waals surface area (Å²) in [6.45, 7) is 0. The van der Waals surface area contributed by atoms with Gasteiger partial charge in [0.15, 0.2) is 5.82 Å². The summed E-state index contributed by atoms with van der Waals surface area (Å²) in [4.78, 5) is 6.93. The molecule has 0 unspecified atom stereocenters. The van der Waals surface area contributed by atoms with Crippen LogP contribution in [0.15, 0.2) is 36.4 Å². The van der Waals surface area contributed by atoms with Gasteiger partial charge in [-0.15, -0.1) is 0 Å². The number of nitrogens with two attached hydrogens (primary N) is 1. The van der Waals surface area contributed by atoms with E-state index in [1.54, 1.807) is 12.1 Å². The second kappa shape index (κ2) is 3.80. The Morgan fingerprint density at radius 1 is 1.06 bits per heavy atom. The Labute approximate surface area is 101 Å². The third-order valence-corrected chi connectivity index (χ3v) is 2.71. The molecule has 3 rings (SSSR count). The van der Waals surface area contributed by atoms with Crippen LogP contribution in [0.4, 0.5) is 14.5 Å². The molecule has 18 heavy (non-hydrogen) atoms. The maximum absolute atomic E-state index is 13.7. The molecule has 0 spiro atoms. The standard InChI is InChI=1S/C13H9F2N3/c14-9-5-4-7(16)6-8(9)13-17-11-3-1-2-10(15)12(11)18-13/h1-6H,16H2,(H,17,18). The lowest BCUT2D eigenvalue weighted by Gasteiger charge is -2.00. The summed E-state index contributed by atoms with van der Waals surface area (Å²) in [5, 5.41) is 0. The summed E-state index contributed by atoms with van der Waals surface area (Å²) < 4.78 is 27.2. The molecule has 0 atom stereocenters. The smallest absolute Gasteiger partial charge is 0.151 e. The van der Waals surface area contributed by atoms with Gasteiger partial charge in [-0.1, -0.05) is 6.07 Å². The van der Waals surface area contributed by atoms with Gasteiger partial charge in [0, 0.05) is 5.69 Å². The highest BCUT2D eigenvalue weighted by atomic mass is 19.1. The summed E-state index contributed by atoms with van der Waals surface area (Å²) in [7, 11) is 0. The largest absolute Gasteiger partial charge is 0.399 e. The number of rotatable bonds is 1. The van der Waals surface area contributed by atoms with Gasteiger partial charge in [0.2, 0.25) is 0 Å². The van der Waals surface area contributed by atoms with Crippen molar-refractivity contribution >= 4 is 16.7 Å². The molecule has 2 aromatic carbocycles. The van der Waals surface area contributed by atoms with Gasteiger partial charge in [0.1, 0.15) is 17.2 Å². The fraction of sp³-hybridized carbons (Fsp3) is 0. The third-order valence-electron chi connectivity index (χ3n) is 2.71. The van der Waals surface area contributed by atoms with E-state index in [-0.39, 0.29) is 16.9 Å². The number of halogens is 2. The fourth-order valence-electron chi connectivity index (χ4n) is 1.85. The predicted octanol–water partition coefficient (Wildman–Crippen LogP) is 3.09. The maximum Gasteiger partial charge on any atom is 0.151 e.